The van der Waals surface area contributed by atoms with Gasteiger partial charge < -0.3 is 9.84 Å². The molecule has 0 unspecified atom stereocenters. The van der Waals surface area contributed by atoms with Crippen LogP contribution in [-0.4, -0.2) is 43.1 Å². The Morgan fingerprint density at radius 3 is 2.53 bits per heavy atom. The molecule has 0 aliphatic carbocycles. The van der Waals surface area contributed by atoms with E-state index in [1.807, 2.05) is 13.8 Å². The zero-order chi connectivity index (χ0) is 14.2. The molecule has 1 N–H and O–H groups in total. The van der Waals surface area contributed by atoms with E-state index in [-0.39, 0.29) is 23.7 Å². The number of morpholine rings is 1. The van der Waals surface area contributed by atoms with Crippen molar-refractivity contribution < 1.29 is 18.3 Å². The van der Waals surface area contributed by atoms with Crippen molar-refractivity contribution in [3.05, 3.63) is 15.8 Å². The van der Waals surface area contributed by atoms with Gasteiger partial charge in [-0.25, -0.2) is 8.42 Å². The number of ether oxygens (including phenoxy) is 1. The third kappa shape index (κ3) is 2.85. The maximum Gasteiger partial charge on any atom is 0.244 e. The standard InChI is InChI=1S/C12H19NO4S2/c1-8-7-18-11(6-14)12(8)19(15,16)13-4-9(2)17-10(3)5-13/h7,9-10,14H,4-6H2,1-3H3/t9-,10+. The average Bonchev–Trinajstić information content (AvgIpc) is 2.69. The summed E-state index contributed by atoms with van der Waals surface area (Å²) >= 11 is 1.28. The van der Waals surface area contributed by atoms with E-state index >= 15 is 0 Å². The molecule has 7 heteroatoms. The summed E-state index contributed by atoms with van der Waals surface area (Å²) in [6, 6.07) is 0. The zero-order valence-electron chi connectivity index (χ0n) is 11.3. The van der Waals surface area contributed by atoms with E-state index in [0.717, 1.165) is 0 Å². The zero-order valence-corrected chi connectivity index (χ0v) is 12.9. The molecule has 0 radical (unpaired) electrons. The van der Waals surface area contributed by atoms with Crippen LogP contribution < -0.4 is 0 Å². The molecule has 1 aliphatic heterocycles. The van der Waals surface area contributed by atoms with Crippen LogP contribution in [0.25, 0.3) is 0 Å². The number of aryl methyl sites for hydroxylation is 1. The van der Waals surface area contributed by atoms with Gasteiger partial charge in [-0.1, -0.05) is 0 Å². The molecule has 2 atom stereocenters. The summed E-state index contributed by atoms with van der Waals surface area (Å²) in [7, 11) is -3.55. The second kappa shape index (κ2) is 5.49. The molecule has 0 amide bonds. The number of rotatable bonds is 3. The molecule has 0 spiro atoms. The van der Waals surface area contributed by atoms with E-state index in [1.165, 1.54) is 15.6 Å². The minimum atomic E-state index is -3.55. The van der Waals surface area contributed by atoms with Crippen LogP contribution in [-0.2, 0) is 21.4 Å². The molecule has 0 bridgehead atoms. The monoisotopic (exact) mass is 305 g/mol. The van der Waals surface area contributed by atoms with Gasteiger partial charge in [-0.15, -0.1) is 11.3 Å². The molecule has 1 aliphatic rings. The quantitative estimate of drug-likeness (QED) is 0.915. The van der Waals surface area contributed by atoms with E-state index in [0.29, 0.717) is 23.5 Å². The fraction of sp³-hybridized carbons (Fsp3) is 0.667. The van der Waals surface area contributed by atoms with Gasteiger partial charge in [0.2, 0.25) is 10.0 Å². The Hall–Kier alpha value is -0.470. The first kappa shape index (κ1) is 14.9. The van der Waals surface area contributed by atoms with E-state index in [9.17, 15) is 13.5 Å². The molecule has 0 saturated carbocycles. The molecule has 1 saturated heterocycles. The van der Waals surface area contributed by atoms with Gasteiger partial charge in [0.05, 0.1) is 23.7 Å². The van der Waals surface area contributed by atoms with Gasteiger partial charge in [0.25, 0.3) is 0 Å². The van der Waals surface area contributed by atoms with Crippen LogP contribution >= 0.6 is 11.3 Å². The lowest BCUT2D eigenvalue weighted by molar-refractivity contribution is -0.0441. The van der Waals surface area contributed by atoms with Gasteiger partial charge in [0, 0.05) is 13.1 Å². The summed E-state index contributed by atoms with van der Waals surface area (Å²) in [5.74, 6) is 0. The van der Waals surface area contributed by atoms with Crippen LogP contribution in [0, 0.1) is 6.92 Å². The van der Waals surface area contributed by atoms with E-state index < -0.39 is 10.0 Å². The van der Waals surface area contributed by atoms with Crippen molar-refractivity contribution in [2.24, 2.45) is 0 Å². The minimum absolute atomic E-state index is 0.116. The van der Waals surface area contributed by atoms with Gasteiger partial charge in [0.1, 0.15) is 4.90 Å². The Kier molecular flexibility index (Phi) is 4.32. The van der Waals surface area contributed by atoms with Gasteiger partial charge in [-0.05, 0) is 31.7 Å². The molecule has 108 valence electrons. The number of hydrogen-bond acceptors (Lipinski definition) is 5. The van der Waals surface area contributed by atoms with Crippen LogP contribution in [0.5, 0.6) is 0 Å². The summed E-state index contributed by atoms with van der Waals surface area (Å²) in [5, 5.41) is 11.1. The van der Waals surface area contributed by atoms with E-state index in [4.69, 9.17) is 4.74 Å². The van der Waals surface area contributed by atoms with Crippen LogP contribution in [0.1, 0.15) is 24.3 Å². The summed E-state index contributed by atoms with van der Waals surface area (Å²) in [6.07, 6.45) is -0.231. The topological polar surface area (TPSA) is 66.8 Å². The highest BCUT2D eigenvalue weighted by Crippen LogP contribution is 2.30. The molecule has 1 fully saturated rings. The fourth-order valence-corrected chi connectivity index (χ4v) is 5.60. The minimum Gasteiger partial charge on any atom is -0.391 e. The van der Waals surface area contributed by atoms with Gasteiger partial charge in [-0.3, -0.25) is 0 Å². The first-order valence-corrected chi connectivity index (χ1v) is 8.51. The molecule has 5 nitrogen and oxygen atoms in total. The molecule has 2 heterocycles. The summed E-state index contributed by atoms with van der Waals surface area (Å²) in [5.41, 5.74) is 0.695. The van der Waals surface area contributed by atoms with Crippen molar-refractivity contribution in [2.45, 2.75) is 44.5 Å². The van der Waals surface area contributed by atoms with Crippen LogP contribution in [0.3, 0.4) is 0 Å². The summed E-state index contributed by atoms with van der Waals surface area (Å²) in [4.78, 5) is 0.769. The Labute approximate surface area is 117 Å². The van der Waals surface area contributed by atoms with Crippen LogP contribution in [0.4, 0.5) is 0 Å². The highest BCUT2D eigenvalue weighted by molar-refractivity contribution is 7.89. The SMILES string of the molecule is Cc1csc(CO)c1S(=O)(=O)N1C[C@@H](C)O[C@@H](C)C1. The number of hydrogen-bond donors (Lipinski definition) is 1. The van der Waals surface area contributed by atoms with Gasteiger partial charge >= 0.3 is 0 Å². The molecule has 2 rings (SSSR count). The second-order valence-electron chi connectivity index (χ2n) is 4.91. The number of nitrogens with zero attached hydrogens (tertiary/aromatic N) is 1. The molecule has 0 aromatic carbocycles. The number of sulfonamides is 1. The lowest BCUT2D eigenvalue weighted by Gasteiger charge is -2.34. The third-order valence-electron chi connectivity index (χ3n) is 3.12. The Morgan fingerprint density at radius 2 is 2.00 bits per heavy atom. The first-order chi connectivity index (χ1) is 8.86. The maximum absolute atomic E-state index is 12.7. The van der Waals surface area contributed by atoms with Crippen molar-refractivity contribution in [1.82, 2.24) is 4.31 Å². The number of aliphatic hydroxyl groups is 1. The van der Waals surface area contributed by atoms with Crippen molar-refractivity contribution in [3.8, 4) is 0 Å². The molecule has 19 heavy (non-hydrogen) atoms. The van der Waals surface area contributed by atoms with E-state index in [1.54, 1.807) is 12.3 Å². The average molecular weight is 305 g/mol. The van der Waals surface area contributed by atoms with Crippen LogP contribution in [0.15, 0.2) is 10.3 Å². The number of aliphatic hydroxyl groups excluding tert-OH is 1. The van der Waals surface area contributed by atoms with Gasteiger partial charge in [0.15, 0.2) is 0 Å². The normalized spacial score (nSPS) is 25.7. The third-order valence-corrected chi connectivity index (χ3v) is 6.40. The van der Waals surface area contributed by atoms with Crippen LogP contribution in [0.2, 0.25) is 0 Å². The van der Waals surface area contributed by atoms with Gasteiger partial charge in [-0.2, -0.15) is 4.31 Å². The highest BCUT2D eigenvalue weighted by atomic mass is 32.2. The van der Waals surface area contributed by atoms with E-state index in [2.05, 4.69) is 0 Å². The fourth-order valence-electron chi connectivity index (χ4n) is 2.40. The second-order valence-corrected chi connectivity index (χ2v) is 7.75. The predicted molar refractivity (Wildman–Crippen MR) is 73.7 cm³/mol. The Morgan fingerprint density at radius 1 is 1.42 bits per heavy atom. The Balaban J connectivity index is 2.39. The smallest absolute Gasteiger partial charge is 0.244 e. The molecule has 1 aromatic heterocycles. The molecular weight excluding hydrogens is 286 g/mol. The maximum atomic E-state index is 12.7. The lowest BCUT2D eigenvalue weighted by atomic mass is 10.3. The summed E-state index contributed by atoms with van der Waals surface area (Å²) < 4.78 is 32.4. The lowest BCUT2D eigenvalue weighted by Crippen LogP contribution is -2.48. The van der Waals surface area contributed by atoms with Crippen molar-refractivity contribution in [2.75, 3.05) is 13.1 Å². The van der Waals surface area contributed by atoms with Crippen molar-refractivity contribution in [3.63, 3.8) is 0 Å². The molecular formula is C12H19NO4S2. The predicted octanol–water partition coefficient (Wildman–Crippen LogP) is 1.35. The highest BCUT2D eigenvalue weighted by Gasteiger charge is 2.34. The largest absolute Gasteiger partial charge is 0.391 e. The molecule has 1 aromatic rings. The van der Waals surface area contributed by atoms with Crippen molar-refractivity contribution in [1.29, 1.82) is 0 Å². The number of thiophene rings is 1. The van der Waals surface area contributed by atoms with Crippen molar-refractivity contribution >= 4 is 21.4 Å². The first-order valence-electron chi connectivity index (χ1n) is 6.19. The Bertz CT molecular complexity index is 542. The summed E-state index contributed by atoms with van der Waals surface area (Å²) in [6.45, 7) is 5.95.